The van der Waals surface area contributed by atoms with Crippen LogP contribution >= 0.6 is 0 Å². The molecule has 3 aromatic carbocycles. The van der Waals surface area contributed by atoms with E-state index in [-0.39, 0.29) is 17.7 Å². The molecular weight excluding hydrogens is 523 g/mol. The molecule has 3 aromatic rings. The van der Waals surface area contributed by atoms with Gasteiger partial charge in [0, 0.05) is 61.8 Å². The highest BCUT2D eigenvalue weighted by molar-refractivity contribution is 6.06. The molecule has 3 amide bonds. The molecule has 0 spiro atoms. The molecule has 2 heterocycles. The van der Waals surface area contributed by atoms with Gasteiger partial charge in [0.05, 0.1) is 12.7 Å². The van der Waals surface area contributed by atoms with E-state index in [4.69, 9.17) is 4.74 Å². The Morgan fingerprint density at radius 1 is 0.732 bits per heavy atom. The number of hydrogen-bond donors (Lipinski definition) is 1. The minimum absolute atomic E-state index is 0.0610. The summed E-state index contributed by atoms with van der Waals surface area (Å²) in [6.45, 7) is 3.57. The highest BCUT2D eigenvalue weighted by Gasteiger charge is 2.26. The van der Waals surface area contributed by atoms with Gasteiger partial charge in [-0.15, -0.1) is 0 Å². The smallest absolute Gasteiger partial charge is 0.256 e. The summed E-state index contributed by atoms with van der Waals surface area (Å²) in [7, 11) is 1.55. The molecule has 2 saturated heterocycles. The molecule has 214 valence electrons. The molecular formula is C32H35FN4O4. The Labute approximate surface area is 239 Å². The maximum atomic E-state index is 13.8. The summed E-state index contributed by atoms with van der Waals surface area (Å²) >= 11 is 0. The second-order valence-corrected chi connectivity index (χ2v) is 10.4. The second-order valence-electron chi connectivity index (χ2n) is 10.4. The standard InChI is InChI=1S/C32H35FN4O4/c1-41-27-11-6-8-23(21-27)30(38)34-26-12-13-29(28(22-26)32(40)36-14-3-2-4-15-36)35-16-7-17-37(19-18-35)31(39)24-9-5-10-25(33)20-24/h5-6,8-13,20-22H,2-4,7,14-19H2,1H3,(H,34,38). The highest BCUT2D eigenvalue weighted by atomic mass is 19.1. The van der Waals surface area contributed by atoms with E-state index in [1.54, 1.807) is 60.5 Å². The van der Waals surface area contributed by atoms with Gasteiger partial charge in [0.2, 0.25) is 0 Å². The van der Waals surface area contributed by atoms with Gasteiger partial charge in [-0.1, -0.05) is 12.1 Å². The summed E-state index contributed by atoms with van der Waals surface area (Å²) in [4.78, 5) is 45.6. The van der Waals surface area contributed by atoms with E-state index in [9.17, 15) is 18.8 Å². The van der Waals surface area contributed by atoms with Crippen LogP contribution in [0.3, 0.4) is 0 Å². The van der Waals surface area contributed by atoms with Crippen molar-refractivity contribution in [1.29, 1.82) is 0 Å². The van der Waals surface area contributed by atoms with Crippen LogP contribution in [0.5, 0.6) is 5.75 Å². The molecule has 0 radical (unpaired) electrons. The molecule has 0 atom stereocenters. The van der Waals surface area contributed by atoms with Gasteiger partial charge in [-0.25, -0.2) is 4.39 Å². The average Bonchev–Trinajstić information content (AvgIpc) is 3.27. The number of ether oxygens (including phenoxy) is 1. The van der Waals surface area contributed by atoms with Gasteiger partial charge in [0.25, 0.3) is 17.7 Å². The maximum absolute atomic E-state index is 13.8. The number of carbonyl (C=O) groups excluding carboxylic acids is 3. The lowest BCUT2D eigenvalue weighted by Gasteiger charge is -2.30. The van der Waals surface area contributed by atoms with Crippen molar-refractivity contribution in [1.82, 2.24) is 9.80 Å². The lowest BCUT2D eigenvalue weighted by atomic mass is 10.1. The summed E-state index contributed by atoms with van der Waals surface area (Å²) in [5.41, 5.74) is 2.61. The first kappa shape index (κ1) is 28.1. The Balaban J connectivity index is 1.38. The molecule has 2 aliphatic heterocycles. The molecule has 2 aliphatic rings. The van der Waals surface area contributed by atoms with Gasteiger partial charge in [-0.05, 0) is 80.3 Å². The highest BCUT2D eigenvalue weighted by Crippen LogP contribution is 2.29. The number of benzene rings is 3. The molecule has 2 fully saturated rings. The molecule has 0 saturated carbocycles. The first-order valence-electron chi connectivity index (χ1n) is 14.1. The Morgan fingerprint density at radius 3 is 2.24 bits per heavy atom. The van der Waals surface area contributed by atoms with E-state index in [0.29, 0.717) is 73.8 Å². The van der Waals surface area contributed by atoms with E-state index >= 15 is 0 Å². The van der Waals surface area contributed by atoms with Crippen LogP contribution in [0.4, 0.5) is 15.8 Å². The summed E-state index contributed by atoms with van der Waals surface area (Å²) < 4.78 is 19.0. The van der Waals surface area contributed by atoms with E-state index in [2.05, 4.69) is 10.2 Å². The summed E-state index contributed by atoms with van der Waals surface area (Å²) in [6.07, 6.45) is 3.74. The third-order valence-corrected chi connectivity index (χ3v) is 7.66. The topological polar surface area (TPSA) is 82.2 Å². The maximum Gasteiger partial charge on any atom is 0.256 e. The molecule has 0 aliphatic carbocycles. The molecule has 0 unspecified atom stereocenters. The number of amides is 3. The molecule has 41 heavy (non-hydrogen) atoms. The van der Waals surface area contributed by atoms with Gasteiger partial charge in [0.1, 0.15) is 11.6 Å². The number of nitrogens with one attached hydrogen (secondary N) is 1. The van der Waals surface area contributed by atoms with Gasteiger partial charge in [-0.3, -0.25) is 14.4 Å². The lowest BCUT2D eigenvalue weighted by molar-refractivity contribution is 0.0723. The summed E-state index contributed by atoms with van der Waals surface area (Å²) in [5.74, 6) is -0.415. The zero-order valence-electron chi connectivity index (χ0n) is 23.3. The molecule has 9 heteroatoms. The van der Waals surface area contributed by atoms with Crippen LogP contribution < -0.4 is 15.0 Å². The second kappa shape index (κ2) is 12.8. The van der Waals surface area contributed by atoms with Crippen LogP contribution in [0.2, 0.25) is 0 Å². The van der Waals surface area contributed by atoms with Crippen molar-refractivity contribution in [2.75, 3.05) is 56.6 Å². The number of anilines is 2. The van der Waals surface area contributed by atoms with Crippen molar-refractivity contribution < 1.29 is 23.5 Å². The monoisotopic (exact) mass is 558 g/mol. The fourth-order valence-corrected chi connectivity index (χ4v) is 5.46. The van der Waals surface area contributed by atoms with E-state index in [1.807, 2.05) is 11.0 Å². The Morgan fingerprint density at radius 2 is 1.46 bits per heavy atom. The van der Waals surface area contributed by atoms with Gasteiger partial charge in [0.15, 0.2) is 0 Å². The number of likely N-dealkylation sites (tertiary alicyclic amines) is 1. The van der Waals surface area contributed by atoms with E-state index < -0.39 is 5.82 Å². The van der Waals surface area contributed by atoms with Gasteiger partial charge < -0.3 is 24.8 Å². The fourth-order valence-electron chi connectivity index (χ4n) is 5.46. The SMILES string of the molecule is COc1cccc(C(=O)Nc2ccc(N3CCCN(C(=O)c4cccc(F)c4)CC3)c(C(=O)N3CCCCC3)c2)c1. The van der Waals surface area contributed by atoms with Crippen molar-refractivity contribution in [2.45, 2.75) is 25.7 Å². The number of piperidine rings is 1. The summed E-state index contributed by atoms with van der Waals surface area (Å²) in [6, 6.07) is 18.1. The molecule has 5 rings (SSSR count). The normalized spacial score (nSPS) is 15.7. The quantitative estimate of drug-likeness (QED) is 0.457. The number of nitrogens with zero attached hydrogens (tertiary/aromatic N) is 3. The Bertz CT molecular complexity index is 1420. The van der Waals surface area contributed by atoms with Crippen molar-refractivity contribution in [3.05, 3.63) is 89.2 Å². The van der Waals surface area contributed by atoms with Crippen LogP contribution in [0.15, 0.2) is 66.7 Å². The number of carbonyl (C=O) groups is 3. The Hall–Kier alpha value is -4.40. The first-order valence-corrected chi connectivity index (χ1v) is 14.1. The third kappa shape index (κ3) is 6.67. The predicted molar refractivity (Wildman–Crippen MR) is 156 cm³/mol. The van der Waals surface area contributed by atoms with Crippen LogP contribution in [0.1, 0.15) is 56.8 Å². The van der Waals surface area contributed by atoms with Crippen LogP contribution in [-0.2, 0) is 0 Å². The predicted octanol–water partition coefficient (Wildman–Crippen LogP) is 5.07. The van der Waals surface area contributed by atoms with Crippen LogP contribution in [-0.4, -0.2) is 73.9 Å². The Kier molecular flexibility index (Phi) is 8.82. The van der Waals surface area contributed by atoms with E-state index in [0.717, 1.165) is 24.9 Å². The first-order chi connectivity index (χ1) is 19.9. The fraction of sp³-hybridized carbons (Fsp3) is 0.344. The minimum atomic E-state index is -0.438. The van der Waals surface area contributed by atoms with Gasteiger partial charge in [-0.2, -0.15) is 0 Å². The number of methoxy groups -OCH3 is 1. The van der Waals surface area contributed by atoms with Gasteiger partial charge >= 0.3 is 0 Å². The minimum Gasteiger partial charge on any atom is -0.497 e. The molecule has 0 bridgehead atoms. The molecule has 1 N–H and O–H groups in total. The average molecular weight is 559 g/mol. The number of rotatable bonds is 6. The lowest BCUT2D eigenvalue weighted by Crippen LogP contribution is -2.38. The largest absolute Gasteiger partial charge is 0.497 e. The number of hydrogen-bond acceptors (Lipinski definition) is 5. The van der Waals surface area contributed by atoms with Crippen molar-refractivity contribution in [2.24, 2.45) is 0 Å². The third-order valence-electron chi connectivity index (χ3n) is 7.66. The zero-order chi connectivity index (χ0) is 28.8. The van der Waals surface area contributed by atoms with Crippen LogP contribution in [0, 0.1) is 5.82 Å². The summed E-state index contributed by atoms with van der Waals surface area (Å²) in [5, 5.41) is 2.93. The zero-order valence-corrected chi connectivity index (χ0v) is 23.3. The molecule has 8 nitrogen and oxygen atoms in total. The van der Waals surface area contributed by atoms with Crippen molar-refractivity contribution in [3.8, 4) is 5.75 Å². The van der Waals surface area contributed by atoms with Crippen molar-refractivity contribution >= 4 is 29.1 Å². The molecule has 0 aromatic heterocycles. The van der Waals surface area contributed by atoms with Crippen molar-refractivity contribution in [3.63, 3.8) is 0 Å². The van der Waals surface area contributed by atoms with Crippen LogP contribution in [0.25, 0.3) is 0 Å². The van der Waals surface area contributed by atoms with E-state index in [1.165, 1.54) is 12.1 Å². The number of halogens is 1.